The summed E-state index contributed by atoms with van der Waals surface area (Å²) in [6.45, 7) is 8.12. The summed E-state index contributed by atoms with van der Waals surface area (Å²) in [6, 6.07) is 7.16. The van der Waals surface area contributed by atoms with E-state index in [0.29, 0.717) is 6.10 Å². The standard InChI is InChI=1S/C18H28FNO/c1-18(2,3)20-13-14(10-11-15-7-6-12-21-15)16-8-4-5-9-17(16)19/h4-5,8-9,14-15,20H,6-7,10-13H2,1-3H3. The van der Waals surface area contributed by atoms with Crippen LogP contribution in [0.3, 0.4) is 0 Å². The second kappa shape index (κ2) is 7.37. The Morgan fingerprint density at radius 3 is 2.71 bits per heavy atom. The largest absolute Gasteiger partial charge is 0.378 e. The van der Waals surface area contributed by atoms with Gasteiger partial charge in [0, 0.05) is 18.7 Å². The third kappa shape index (κ3) is 5.40. The van der Waals surface area contributed by atoms with E-state index in [1.165, 1.54) is 0 Å². The predicted molar refractivity (Wildman–Crippen MR) is 85.1 cm³/mol. The number of hydrogen-bond donors (Lipinski definition) is 1. The first-order valence-corrected chi connectivity index (χ1v) is 8.07. The molecule has 1 aromatic rings. The molecule has 1 aromatic carbocycles. The van der Waals surface area contributed by atoms with Gasteiger partial charge in [-0.25, -0.2) is 4.39 Å². The molecule has 2 unspecified atom stereocenters. The second-order valence-corrected chi connectivity index (χ2v) is 7.06. The SMILES string of the molecule is CC(C)(C)NCC(CCC1CCCO1)c1ccccc1F. The van der Waals surface area contributed by atoms with Crippen LogP contribution in [-0.2, 0) is 4.74 Å². The molecule has 0 saturated carbocycles. The molecule has 1 saturated heterocycles. The van der Waals surface area contributed by atoms with Crippen LogP contribution in [0.2, 0.25) is 0 Å². The van der Waals surface area contributed by atoms with Crippen LogP contribution in [-0.4, -0.2) is 24.8 Å². The Kier molecular flexibility index (Phi) is 5.77. The van der Waals surface area contributed by atoms with Crippen molar-refractivity contribution in [2.45, 2.75) is 64.0 Å². The van der Waals surface area contributed by atoms with Gasteiger partial charge in [0.2, 0.25) is 0 Å². The zero-order chi connectivity index (χ0) is 15.3. The normalized spacial score (nSPS) is 20.7. The number of benzene rings is 1. The maximum atomic E-state index is 14.1. The summed E-state index contributed by atoms with van der Waals surface area (Å²) in [5, 5.41) is 3.52. The number of rotatable bonds is 6. The smallest absolute Gasteiger partial charge is 0.126 e. The first-order valence-electron chi connectivity index (χ1n) is 8.07. The van der Waals surface area contributed by atoms with Crippen LogP contribution in [0.5, 0.6) is 0 Å². The average molecular weight is 293 g/mol. The van der Waals surface area contributed by atoms with Crippen LogP contribution >= 0.6 is 0 Å². The highest BCUT2D eigenvalue weighted by Gasteiger charge is 2.22. The van der Waals surface area contributed by atoms with E-state index < -0.39 is 0 Å². The van der Waals surface area contributed by atoms with E-state index in [1.54, 1.807) is 12.1 Å². The fourth-order valence-corrected chi connectivity index (χ4v) is 2.86. The van der Waals surface area contributed by atoms with Crippen LogP contribution in [0, 0.1) is 5.82 Å². The molecule has 0 aliphatic carbocycles. The fourth-order valence-electron chi connectivity index (χ4n) is 2.86. The highest BCUT2D eigenvalue weighted by Crippen LogP contribution is 2.27. The third-order valence-electron chi connectivity index (χ3n) is 4.08. The van der Waals surface area contributed by atoms with Crippen LogP contribution in [0.15, 0.2) is 24.3 Å². The summed E-state index contributed by atoms with van der Waals surface area (Å²) in [7, 11) is 0. The molecule has 1 heterocycles. The highest BCUT2D eigenvalue weighted by molar-refractivity contribution is 5.22. The Hall–Kier alpha value is -0.930. The van der Waals surface area contributed by atoms with Gasteiger partial charge in [0.25, 0.3) is 0 Å². The summed E-state index contributed by atoms with van der Waals surface area (Å²) in [5.74, 6) is 0.111. The first kappa shape index (κ1) is 16.4. The lowest BCUT2D eigenvalue weighted by atomic mass is 9.91. The molecule has 0 radical (unpaired) electrons. The van der Waals surface area contributed by atoms with Crippen molar-refractivity contribution in [2.75, 3.05) is 13.2 Å². The Bertz CT molecular complexity index is 435. The molecule has 1 N–H and O–H groups in total. The van der Waals surface area contributed by atoms with Gasteiger partial charge < -0.3 is 10.1 Å². The van der Waals surface area contributed by atoms with Gasteiger partial charge in [-0.2, -0.15) is 0 Å². The highest BCUT2D eigenvalue weighted by atomic mass is 19.1. The molecule has 0 spiro atoms. The molecule has 0 aromatic heterocycles. The van der Waals surface area contributed by atoms with E-state index in [0.717, 1.165) is 44.4 Å². The van der Waals surface area contributed by atoms with Crippen molar-refractivity contribution >= 4 is 0 Å². The second-order valence-electron chi connectivity index (χ2n) is 7.06. The lowest BCUT2D eigenvalue weighted by Gasteiger charge is -2.26. The van der Waals surface area contributed by atoms with E-state index in [2.05, 4.69) is 26.1 Å². The molecule has 1 aliphatic rings. The number of ether oxygens (including phenoxy) is 1. The van der Waals surface area contributed by atoms with Gasteiger partial charge in [-0.05, 0) is 64.0 Å². The molecule has 3 heteroatoms. The average Bonchev–Trinajstić information content (AvgIpc) is 2.92. The van der Waals surface area contributed by atoms with Crippen LogP contribution in [0.25, 0.3) is 0 Å². The van der Waals surface area contributed by atoms with Gasteiger partial charge >= 0.3 is 0 Å². The number of nitrogens with one attached hydrogen (secondary N) is 1. The lowest BCUT2D eigenvalue weighted by molar-refractivity contribution is 0.100. The Balaban J connectivity index is 2.00. The zero-order valence-electron chi connectivity index (χ0n) is 13.5. The van der Waals surface area contributed by atoms with Crippen molar-refractivity contribution < 1.29 is 9.13 Å². The molecule has 1 fully saturated rings. The summed E-state index contributed by atoms with van der Waals surface area (Å²) < 4.78 is 19.8. The molecule has 0 bridgehead atoms. The van der Waals surface area contributed by atoms with Crippen molar-refractivity contribution in [1.82, 2.24) is 5.32 Å². The van der Waals surface area contributed by atoms with Gasteiger partial charge in [0.05, 0.1) is 6.10 Å². The molecule has 1 aliphatic heterocycles. The number of hydrogen-bond acceptors (Lipinski definition) is 2. The summed E-state index contributed by atoms with van der Waals surface area (Å²) in [4.78, 5) is 0. The molecule has 2 atom stereocenters. The Labute approximate surface area is 128 Å². The van der Waals surface area contributed by atoms with Gasteiger partial charge in [-0.15, -0.1) is 0 Å². The van der Waals surface area contributed by atoms with Crippen LogP contribution in [0.4, 0.5) is 4.39 Å². The lowest BCUT2D eigenvalue weighted by Crippen LogP contribution is -2.38. The van der Waals surface area contributed by atoms with Gasteiger partial charge in [0.15, 0.2) is 0 Å². The van der Waals surface area contributed by atoms with Crippen LogP contribution in [0.1, 0.15) is 57.9 Å². The summed E-state index contributed by atoms with van der Waals surface area (Å²) in [5.41, 5.74) is 0.875. The fraction of sp³-hybridized carbons (Fsp3) is 0.667. The molecule has 0 amide bonds. The molecule has 2 nitrogen and oxygen atoms in total. The summed E-state index contributed by atoms with van der Waals surface area (Å²) in [6.07, 6.45) is 4.67. The maximum Gasteiger partial charge on any atom is 0.126 e. The molecule has 2 rings (SSSR count). The molecule has 118 valence electrons. The van der Waals surface area contributed by atoms with E-state index in [-0.39, 0.29) is 17.3 Å². The van der Waals surface area contributed by atoms with Crippen molar-refractivity contribution in [1.29, 1.82) is 0 Å². The van der Waals surface area contributed by atoms with Crippen molar-refractivity contribution in [3.05, 3.63) is 35.6 Å². The third-order valence-corrected chi connectivity index (χ3v) is 4.08. The Morgan fingerprint density at radius 2 is 2.10 bits per heavy atom. The monoisotopic (exact) mass is 293 g/mol. The quantitative estimate of drug-likeness (QED) is 0.846. The van der Waals surface area contributed by atoms with Gasteiger partial charge in [-0.3, -0.25) is 0 Å². The zero-order valence-corrected chi connectivity index (χ0v) is 13.5. The maximum absolute atomic E-state index is 14.1. The number of halogens is 1. The minimum Gasteiger partial charge on any atom is -0.378 e. The molecule has 21 heavy (non-hydrogen) atoms. The van der Waals surface area contributed by atoms with Crippen molar-refractivity contribution in [3.63, 3.8) is 0 Å². The van der Waals surface area contributed by atoms with E-state index >= 15 is 0 Å². The van der Waals surface area contributed by atoms with Gasteiger partial charge in [0.1, 0.15) is 5.82 Å². The van der Waals surface area contributed by atoms with Crippen molar-refractivity contribution in [3.8, 4) is 0 Å². The Morgan fingerprint density at radius 1 is 1.33 bits per heavy atom. The minimum atomic E-state index is -0.0921. The van der Waals surface area contributed by atoms with Crippen LogP contribution < -0.4 is 5.32 Å². The molecular weight excluding hydrogens is 265 g/mol. The first-order chi connectivity index (χ1) is 9.96. The van der Waals surface area contributed by atoms with Gasteiger partial charge in [-0.1, -0.05) is 18.2 Å². The summed E-state index contributed by atoms with van der Waals surface area (Å²) >= 11 is 0. The van der Waals surface area contributed by atoms with E-state index in [4.69, 9.17) is 4.74 Å². The van der Waals surface area contributed by atoms with E-state index in [1.807, 2.05) is 12.1 Å². The molecular formula is C18H28FNO. The predicted octanol–water partition coefficient (Wildman–Crippen LogP) is 4.26. The van der Waals surface area contributed by atoms with E-state index in [9.17, 15) is 4.39 Å². The minimum absolute atomic E-state index is 0.0490. The topological polar surface area (TPSA) is 21.3 Å². The van der Waals surface area contributed by atoms with Crippen molar-refractivity contribution in [2.24, 2.45) is 0 Å².